The molecule has 1 unspecified atom stereocenters. The van der Waals surface area contributed by atoms with Gasteiger partial charge in [-0.05, 0) is 26.7 Å². The lowest BCUT2D eigenvalue weighted by molar-refractivity contribution is -0.0964. The van der Waals surface area contributed by atoms with Crippen molar-refractivity contribution in [2.75, 3.05) is 26.2 Å². The molecular formula is C14H29N3O2. The van der Waals surface area contributed by atoms with Gasteiger partial charge in [-0.25, -0.2) is 4.79 Å². The number of nitrogens with zero attached hydrogens (tertiary/aromatic N) is 1. The predicted octanol–water partition coefficient (Wildman–Crippen LogP) is 1.71. The number of morpholine rings is 1. The SMILES string of the molecule is CCCC1(CN)CN(C(=O)NC(C)(C)CC)CCO1. The van der Waals surface area contributed by atoms with Crippen LogP contribution in [0.5, 0.6) is 0 Å². The van der Waals surface area contributed by atoms with Gasteiger partial charge in [-0.1, -0.05) is 20.3 Å². The van der Waals surface area contributed by atoms with Gasteiger partial charge in [0.25, 0.3) is 0 Å². The van der Waals surface area contributed by atoms with Crippen LogP contribution < -0.4 is 11.1 Å². The molecule has 0 saturated carbocycles. The first-order valence-corrected chi connectivity index (χ1v) is 7.29. The van der Waals surface area contributed by atoms with E-state index in [1.165, 1.54) is 0 Å². The first-order chi connectivity index (χ1) is 8.88. The van der Waals surface area contributed by atoms with E-state index in [2.05, 4.69) is 19.2 Å². The van der Waals surface area contributed by atoms with Gasteiger partial charge in [0.2, 0.25) is 0 Å². The lowest BCUT2D eigenvalue weighted by atomic mass is 9.95. The highest BCUT2D eigenvalue weighted by Gasteiger charge is 2.37. The molecule has 19 heavy (non-hydrogen) atoms. The molecule has 0 radical (unpaired) electrons. The zero-order valence-corrected chi connectivity index (χ0v) is 12.8. The second kappa shape index (κ2) is 6.57. The van der Waals surface area contributed by atoms with Crippen LogP contribution in [0.1, 0.15) is 47.0 Å². The van der Waals surface area contributed by atoms with E-state index < -0.39 is 0 Å². The van der Waals surface area contributed by atoms with Crippen molar-refractivity contribution in [2.24, 2.45) is 5.73 Å². The molecule has 0 aromatic heterocycles. The maximum absolute atomic E-state index is 12.3. The number of carbonyl (C=O) groups is 1. The summed E-state index contributed by atoms with van der Waals surface area (Å²) in [4.78, 5) is 14.1. The molecule has 5 nitrogen and oxygen atoms in total. The zero-order chi connectivity index (χ0) is 14.5. The van der Waals surface area contributed by atoms with Gasteiger partial charge >= 0.3 is 6.03 Å². The van der Waals surface area contributed by atoms with Gasteiger partial charge in [0.1, 0.15) is 0 Å². The van der Waals surface area contributed by atoms with Crippen LogP contribution in [0, 0.1) is 0 Å². The second-order valence-electron chi connectivity index (χ2n) is 6.07. The number of nitrogens with two attached hydrogens (primary N) is 1. The Balaban J connectivity index is 2.66. The minimum absolute atomic E-state index is 0.0101. The normalized spacial score (nSPS) is 24.4. The van der Waals surface area contributed by atoms with Gasteiger partial charge in [0.15, 0.2) is 0 Å². The molecule has 3 N–H and O–H groups in total. The van der Waals surface area contributed by atoms with Gasteiger partial charge in [-0.2, -0.15) is 0 Å². The maximum Gasteiger partial charge on any atom is 0.317 e. The van der Waals surface area contributed by atoms with E-state index in [1.807, 2.05) is 18.7 Å². The molecule has 0 aliphatic carbocycles. The second-order valence-corrected chi connectivity index (χ2v) is 6.07. The van der Waals surface area contributed by atoms with Gasteiger partial charge in [-0.3, -0.25) is 0 Å². The molecule has 1 fully saturated rings. The summed E-state index contributed by atoms with van der Waals surface area (Å²) in [6.07, 6.45) is 2.80. The molecule has 0 aromatic carbocycles. The van der Waals surface area contributed by atoms with E-state index in [9.17, 15) is 4.79 Å². The van der Waals surface area contributed by atoms with Gasteiger partial charge in [-0.15, -0.1) is 0 Å². The molecule has 2 amide bonds. The van der Waals surface area contributed by atoms with Crippen molar-refractivity contribution >= 4 is 6.03 Å². The summed E-state index contributed by atoms with van der Waals surface area (Å²) >= 11 is 0. The van der Waals surface area contributed by atoms with E-state index in [0.717, 1.165) is 19.3 Å². The predicted molar refractivity (Wildman–Crippen MR) is 77.1 cm³/mol. The van der Waals surface area contributed by atoms with Crippen molar-refractivity contribution in [1.29, 1.82) is 0 Å². The Hall–Kier alpha value is -0.810. The lowest BCUT2D eigenvalue weighted by Crippen LogP contribution is -2.60. The molecule has 0 bridgehead atoms. The Kier molecular flexibility index (Phi) is 5.62. The third-order valence-corrected chi connectivity index (χ3v) is 3.94. The maximum atomic E-state index is 12.3. The van der Waals surface area contributed by atoms with Crippen LogP contribution in [0.3, 0.4) is 0 Å². The van der Waals surface area contributed by atoms with Crippen molar-refractivity contribution in [2.45, 2.75) is 58.1 Å². The van der Waals surface area contributed by atoms with Crippen LogP contribution in [0.2, 0.25) is 0 Å². The average molecular weight is 271 g/mol. The number of ether oxygens (including phenoxy) is 1. The fourth-order valence-corrected chi connectivity index (χ4v) is 2.31. The number of hydrogen-bond acceptors (Lipinski definition) is 3. The van der Waals surface area contributed by atoms with Crippen molar-refractivity contribution in [3.8, 4) is 0 Å². The molecule has 1 aliphatic heterocycles. The fourth-order valence-electron chi connectivity index (χ4n) is 2.31. The molecule has 1 heterocycles. The summed E-state index contributed by atoms with van der Waals surface area (Å²) in [6, 6.07) is -0.0101. The summed E-state index contributed by atoms with van der Waals surface area (Å²) in [5.41, 5.74) is 5.32. The summed E-state index contributed by atoms with van der Waals surface area (Å²) in [7, 11) is 0. The topological polar surface area (TPSA) is 67.6 Å². The molecule has 1 rings (SSSR count). The number of amides is 2. The van der Waals surface area contributed by atoms with E-state index in [-0.39, 0.29) is 17.2 Å². The highest BCUT2D eigenvalue weighted by molar-refractivity contribution is 5.75. The third-order valence-electron chi connectivity index (χ3n) is 3.94. The van der Waals surface area contributed by atoms with Gasteiger partial charge in [0, 0.05) is 18.6 Å². The first-order valence-electron chi connectivity index (χ1n) is 7.29. The Morgan fingerprint density at radius 3 is 2.68 bits per heavy atom. The van der Waals surface area contributed by atoms with Crippen LogP contribution in [-0.4, -0.2) is 48.3 Å². The molecule has 0 spiro atoms. The molecule has 5 heteroatoms. The van der Waals surface area contributed by atoms with Crippen molar-refractivity contribution in [3.05, 3.63) is 0 Å². The Bertz CT molecular complexity index is 303. The molecule has 1 aliphatic rings. The number of nitrogens with one attached hydrogen (secondary N) is 1. The largest absolute Gasteiger partial charge is 0.370 e. The van der Waals surface area contributed by atoms with Crippen molar-refractivity contribution in [3.63, 3.8) is 0 Å². The molecule has 0 aromatic rings. The van der Waals surface area contributed by atoms with E-state index in [1.54, 1.807) is 0 Å². The van der Waals surface area contributed by atoms with Crippen LogP contribution in [0.15, 0.2) is 0 Å². The summed E-state index contributed by atoms with van der Waals surface area (Å²) in [5.74, 6) is 0. The smallest absolute Gasteiger partial charge is 0.317 e. The molecule has 1 saturated heterocycles. The number of carbonyl (C=O) groups excluding carboxylic acids is 1. The lowest BCUT2D eigenvalue weighted by Gasteiger charge is -2.43. The third kappa shape index (κ3) is 4.35. The fraction of sp³-hybridized carbons (Fsp3) is 0.929. The Labute approximate surface area is 116 Å². The van der Waals surface area contributed by atoms with E-state index in [0.29, 0.717) is 26.2 Å². The zero-order valence-electron chi connectivity index (χ0n) is 12.8. The van der Waals surface area contributed by atoms with E-state index in [4.69, 9.17) is 10.5 Å². The van der Waals surface area contributed by atoms with Gasteiger partial charge < -0.3 is 20.7 Å². The molecular weight excluding hydrogens is 242 g/mol. The van der Waals surface area contributed by atoms with Gasteiger partial charge in [0.05, 0.1) is 18.8 Å². The highest BCUT2D eigenvalue weighted by atomic mass is 16.5. The standard InChI is InChI=1S/C14H29N3O2/c1-5-7-14(10-15)11-17(8-9-19-14)12(18)16-13(3,4)6-2/h5-11,15H2,1-4H3,(H,16,18). The van der Waals surface area contributed by atoms with Crippen LogP contribution >= 0.6 is 0 Å². The molecule has 112 valence electrons. The highest BCUT2D eigenvalue weighted by Crippen LogP contribution is 2.23. The quantitative estimate of drug-likeness (QED) is 0.800. The molecule has 1 atom stereocenters. The minimum atomic E-state index is -0.360. The van der Waals surface area contributed by atoms with Crippen molar-refractivity contribution < 1.29 is 9.53 Å². The number of urea groups is 1. The average Bonchev–Trinajstić information content (AvgIpc) is 2.39. The Morgan fingerprint density at radius 1 is 1.47 bits per heavy atom. The van der Waals surface area contributed by atoms with Crippen molar-refractivity contribution in [1.82, 2.24) is 10.2 Å². The first kappa shape index (κ1) is 16.2. The van der Waals surface area contributed by atoms with Crippen LogP contribution in [0.25, 0.3) is 0 Å². The number of rotatable bonds is 5. The van der Waals surface area contributed by atoms with Crippen LogP contribution in [0.4, 0.5) is 4.79 Å². The Morgan fingerprint density at radius 2 is 2.16 bits per heavy atom. The number of hydrogen-bond donors (Lipinski definition) is 2. The minimum Gasteiger partial charge on any atom is -0.370 e. The monoisotopic (exact) mass is 271 g/mol. The summed E-state index contributed by atoms with van der Waals surface area (Å²) in [6.45, 7) is 10.5. The van der Waals surface area contributed by atoms with E-state index >= 15 is 0 Å². The summed E-state index contributed by atoms with van der Waals surface area (Å²) in [5, 5.41) is 3.07. The van der Waals surface area contributed by atoms with Crippen LogP contribution in [-0.2, 0) is 4.74 Å². The summed E-state index contributed by atoms with van der Waals surface area (Å²) < 4.78 is 5.85.